The van der Waals surface area contributed by atoms with Crippen molar-refractivity contribution in [1.29, 1.82) is 0 Å². The maximum atomic E-state index is 11.3. The molecule has 1 saturated heterocycles. The van der Waals surface area contributed by atoms with E-state index in [1.165, 1.54) is 0 Å². The molecule has 5 heteroatoms. The van der Waals surface area contributed by atoms with Gasteiger partial charge in [-0.2, -0.15) is 0 Å². The van der Waals surface area contributed by atoms with Crippen LogP contribution in [0.25, 0.3) is 5.70 Å². The van der Waals surface area contributed by atoms with Crippen molar-refractivity contribution in [3.05, 3.63) is 36.0 Å². The topological polar surface area (TPSA) is 67.6 Å². The molecule has 1 aliphatic heterocycles. The number of ether oxygens (including phenoxy) is 1. The van der Waals surface area contributed by atoms with E-state index in [9.17, 15) is 4.79 Å². The van der Waals surface area contributed by atoms with Crippen LogP contribution >= 0.6 is 0 Å². The van der Waals surface area contributed by atoms with Gasteiger partial charge in [0.1, 0.15) is 5.75 Å². The molecular weight excluding hydrogens is 290 g/mol. The van der Waals surface area contributed by atoms with Gasteiger partial charge in [0.25, 0.3) is 0 Å². The summed E-state index contributed by atoms with van der Waals surface area (Å²) in [6.07, 6.45) is 4.90. The minimum absolute atomic E-state index is 0.181. The fraction of sp³-hybridized carbons (Fsp3) is 0.500. The summed E-state index contributed by atoms with van der Waals surface area (Å²) in [5.74, 6) is 1.63. The summed E-state index contributed by atoms with van der Waals surface area (Å²) in [7, 11) is 1.82. The van der Waals surface area contributed by atoms with Gasteiger partial charge in [0.05, 0.1) is 12.3 Å². The van der Waals surface area contributed by atoms with Gasteiger partial charge < -0.3 is 20.7 Å². The predicted octanol–water partition coefficient (Wildman–Crippen LogP) is 2.19. The summed E-state index contributed by atoms with van der Waals surface area (Å²) in [6.45, 7) is 4.06. The maximum absolute atomic E-state index is 11.3. The second-order valence-corrected chi connectivity index (χ2v) is 5.97. The van der Waals surface area contributed by atoms with Crippen LogP contribution in [-0.2, 0) is 4.79 Å². The Morgan fingerprint density at radius 3 is 2.74 bits per heavy atom. The number of carbonyl (C=O) groups excluding carboxylic acids is 1. The van der Waals surface area contributed by atoms with Crippen molar-refractivity contribution in [2.45, 2.75) is 26.2 Å². The summed E-state index contributed by atoms with van der Waals surface area (Å²) >= 11 is 0. The molecule has 0 bridgehead atoms. The van der Waals surface area contributed by atoms with Crippen molar-refractivity contribution in [2.75, 3.05) is 26.7 Å². The van der Waals surface area contributed by atoms with Crippen molar-refractivity contribution < 1.29 is 9.53 Å². The van der Waals surface area contributed by atoms with E-state index in [1.807, 2.05) is 36.2 Å². The highest BCUT2D eigenvalue weighted by molar-refractivity contribution is 5.73. The third kappa shape index (κ3) is 4.91. The molecule has 2 rings (SSSR count). The first-order chi connectivity index (χ1) is 11.1. The number of carbonyl (C=O) groups is 1. The van der Waals surface area contributed by atoms with Gasteiger partial charge in [-0.1, -0.05) is 12.1 Å². The Kier molecular flexibility index (Phi) is 6.32. The Morgan fingerprint density at radius 1 is 1.39 bits per heavy atom. The molecule has 0 radical (unpaired) electrons. The van der Waals surface area contributed by atoms with Gasteiger partial charge in [0.2, 0.25) is 5.91 Å². The number of likely N-dealkylation sites (tertiary alicyclic amines) is 1. The number of nitrogens with two attached hydrogens (primary N) is 1. The van der Waals surface area contributed by atoms with Crippen LogP contribution < -0.4 is 15.8 Å². The van der Waals surface area contributed by atoms with Gasteiger partial charge in [-0.05, 0) is 37.3 Å². The van der Waals surface area contributed by atoms with Crippen LogP contribution in [-0.4, -0.2) is 37.6 Å². The zero-order chi connectivity index (χ0) is 16.7. The van der Waals surface area contributed by atoms with Crippen molar-refractivity contribution in [3.63, 3.8) is 0 Å². The normalized spacial score (nSPS) is 16.3. The molecule has 1 aliphatic rings. The first kappa shape index (κ1) is 17.2. The lowest BCUT2D eigenvalue weighted by molar-refractivity contribution is -0.130. The zero-order valence-corrected chi connectivity index (χ0v) is 14.0. The zero-order valence-electron chi connectivity index (χ0n) is 14.0. The molecule has 23 heavy (non-hydrogen) atoms. The largest absolute Gasteiger partial charge is 0.493 e. The molecule has 1 fully saturated rings. The first-order valence-corrected chi connectivity index (χ1v) is 8.22. The number of hydrogen-bond donors (Lipinski definition) is 2. The van der Waals surface area contributed by atoms with Crippen molar-refractivity contribution in [3.8, 4) is 5.75 Å². The SMILES string of the molecule is CN/C=C(\N)c1ccccc1OCCC1CCN(C(C)=O)CC1. The molecule has 126 valence electrons. The number of para-hydroxylation sites is 1. The standard InChI is InChI=1S/C18H27N3O2/c1-14(22)21-10-7-15(8-11-21)9-12-23-18-6-4-3-5-16(18)17(19)13-20-2/h3-6,13,15,20H,7-12,19H2,1-2H3/b17-13-. The van der Waals surface area contributed by atoms with Gasteiger partial charge in [-0.3, -0.25) is 4.79 Å². The maximum Gasteiger partial charge on any atom is 0.219 e. The Bertz CT molecular complexity index is 549. The molecule has 3 N–H and O–H groups in total. The summed E-state index contributed by atoms with van der Waals surface area (Å²) in [5.41, 5.74) is 7.62. The van der Waals surface area contributed by atoms with Crippen LogP contribution in [0, 0.1) is 5.92 Å². The Hall–Kier alpha value is -2.17. The summed E-state index contributed by atoms with van der Waals surface area (Å²) in [5, 5.41) is 2.94. The first-order valence-electron chi connectivity index (χ1n) is 8.22. The summed E-state index contributed by atoms with van der Waals surface area (Å²) in [6, 6.07) is 7.82. The lowest BCUT2D eigenvalue weighted by Gasteiger charge is -2.31. The van der Waals surface area contributed by atoms with Gasteiger partial charge in [-0.15, -0.1) is 0 Å². The molecule has 0 spiro atoms. The minimum atomic E-state index is 0.181. The number of nitrogens with zero attached hydrogens (tertiary/aromatic N) is 1. The third-order valence-corrected chi connectivity index (χ3v) is 4.34. The van der Waals surface area contributed by atoms with Gasteiger partial charge in [0, 0.05) is 38.8 Å². The van der Waals surface area contributed by atoms with Gasteiger partial charge in [0.15, 0.2) is 0 Å². The Morgan fingerprint density at radius 2 is 2.09 bits per heavy atom. The number of piperidine rings is 1. The lowest BCUT2D eigenvalue weighted by Crippen LogP contribution is -2.37. The Balaban J connectivity index is 1.83. The Labute approximate surface area is 138 Å². The highest BCUT2D eigenvalue weighted by Crippen LogP contribution is 2.25. The van der Waals surface area contributed by atoms with Crippen molar-refractivity contribution in [1.82, 2.24) is 10.2 Å². The van der Waals surface area contributed by atoms with Crippen LogP contribution in [0.1, 0.15) is 31.7 Å². The van der Waals surface area contributed by atoms with E-state index >= 15 is 0 Å². The van der Waals surface area contributed by atoms with Crippen molar-refractivity contribution in [2.24, 2.45) is 11.7 Å². The molecule has 0 unspecified atom stereocenters. The van der Waals surface area contributed by atoms with E-state index in [0.29, 0.717) is 18.2 Å². The smallest absolute Gasteiger partial charge is 0.219 e. The minimum Gasteiger partial charge on any atom is -0.493 e. The quantitative estimate of drug-likeness (QED) is 0.844. The third-order valence-electron chi connectivity index (χ3n) is 4.34. The average Bonchev–Trinajstić information content (AvgIpc) is 2.56. The molecule has 1 aromatic rings. The molecule has 1 amide bonds. The second-order valence-electron chi connectivity index (χ2n) is 5.97. The predicted molar refractivity (Wildman–Crippen MR) is 92.8 cm³/mol. The molecule has 0 aliphatic carbocycles. The summed E-state index contributed by atoms with van der Waals surface area (Å²) < 4.78 is 5.95. The van der Waals surface area contributed by atoms with Crippen LogP contribution in [0.3, 0.4) is 0 Å². The molecular formula is C18H27N3O2. The number of rotatable bonds is 6. The number of benzene rings is 1. The van der Waals surface area contributed by atoms with E-state index in [1.54, 1.807) is 13.1 Å². The fourth-order valence-corrected chi connectivity index (χ4v) is 2.94. The average molecular weight is 317 g/mol. The molecule has 1 heterocycles. The van der Waals surface area contributed by atoms with E-state index in [2.05, 4.69) is 5.32 Å². The molecule has 1 aromatic carbocycles. The van der Waals surface area contributed by atoms with Crippen LogP contribution in [0.15, 0.2) is 30.5 Å². The number of hydrogen-bond acceptors (Lipinski definition) is 4. The monoisotopic (exact) mass is 317 g/mol. The molecule has 0 aromatic heterocycles. The van der Waals surface area contributed by atoms with E-state index in [0.717, 1.165) is 43.7 Å². The second kappa shape index (κ2) is 8.46. The molecule has 5 nitrogen and oxygen atoms in total. The molecule has 0 saturated carbocycles. The van der Waals surface area contributed by atoms with E-state index in [4.69, 9.17) is 10.5 Å². The van der Waals surface area contributed by atoms with Crippen LogP contribution in [0.4, 0.5) is 0 Å². The summed E-state index contributed by atoms with van der Waals surface area (Å²) in [4.78, 5) is 13.3. The number of amides is 1. The van der Waals surface area contributed by atoms with Gasteiger partial charge >= 0.3 is 0 Å². The van der Waals surface area contributed by atoms with E-state index in [-0.39, 0.29) is 5.91 Å². The lowest BCUT2D eigenvalue weighted by atomic mass is 9.94. The number of nitrogens with one attached hydrogen (secondary N) is 1. The molecule has 0 atom stereocenters. The van der Waals surface area contributed by atoms with E-state index < -0.39 is 0 Å². The van der Waals surface area contributed by atoms with Gasteiger partial charge in [-0.25, -0.2) is 0 Å². The van der Waals surface area contributed by atoms with Crippen molar-refractivity contribution >= 4 is 11.6 Å². The fourth-order valence-electron chi connectivity index (χ4n) is 2.94. The van der Waals surface area contributed by atoms with Crippen LogP contribution in [0.5, 0.6) is 5.75 Å². The highest BCUT2D eigenvalue weighted by Gasteiger charge is 2.20. The highest BCUT2D eigenvalue weighted by atomic mass is 16.5. The van der Waals surface area contributed by atoms with Crippen LogP contribution in [0.2, 0.25) is 0 Å².